The number of rotatable bonds is 5. The summed E-state index contributed by atoms with van der Waals surface area (Å²) in [6.07, 6.45) is 3.72. The van der Waals surface area contributed by atoms with Gasteiger partial charge in [-0.15, -0.1) is 0 Å². The summed E-state index contributed by atoms with van der Waals surface area (Å²) < 4.78 is 11.0. The Hall–Kier alpha value is -0.160. The highest BCUT2D eigenvalue weighted by molar-refractivity contribution is 5.03. The molecule has 1 saturated heterocycles. The third-order valence-corrected chi connectivity index (χ3v) is 3.94. The average Bonchev–Trinajstić information content (AvgIpc) is 3.12. The fourth-order valence-electron chi connectivity index (χ4n) is 2.88. The lowest BCUT2D eigenvalue weighted by molar-refractivity contribution is -0.00192. The summed E-state index contributed by atoms with van der Waals surface area (Å²) in [5, 5.41) is 0. The van der Waals surface area contributed by atoms with Crippen LogP contribution in [0.5, 0.6) is 0 Å². The summed E-state index contributed by atoms with van der Waals surface area (Å²) in [6, 6.07) is 0. The van der Waals surface area contributed by atoms with Crippen molar-refractivity contribution in [2.45, 2.75) is 24.8 Å². The van der Waals surface area contributed by atoms with Gasteiger partial charge in [-0.3, -0.25) is 4.90 Å². The number of nitrogens with zero attached hydrogens (tertiary/aromatic N) is 1. The molecule has 1 atom stereocenters. The van der Waals surface area contributed by atoms with Crippen molar-refractivity contribution < 1.29 is 9.47 Å². The molecule has 1 unspecified atom stereocenters. The van der Waals surface area contributed by atoms with E-state index >= 15 is 0 Å². The van der Waals surface area contributed by atoms with Crippen LogP contribution in [0.3, 0.4) is 0 Å². The van der Waals surface area contributed by atoms with Crippen molar-refractivity contribution in [1.82, 2.24) is 4.90 Å². The van der Waals surface area contributed by atoms with Crippen molar-refractivity contribution >= 4 is 0 Å². The lowest BCUT2D eigenvalue weighted by Gasteiger charge is -2.42. The second-order valence-electron chi connectivity index (χ2n) is 4.97. The first-order chi connectivity index (χ1) is 7.83. The molecule has 2 N–H and O–H groups in total. The molecule has 2 rings (SSSR count). The standard InChI is InChI=1S/C12H24N2O2/c1-15-10-12(9-13,11-3-4-11)14-5-2-7-16-8-6-14/h11H,2-10,13H2,1H3. The number of nitrogens with two attached hydrogens (primary N) is 1. The monoisotopic (exact) mass is 228 g/mol. The SMILES string of the molecule is COCC(CN)(C1CC1)N1CCCOCC1. The van der Waals surface area contributed by atoms with Gasteiger partial charge in [0.1, 0.15) is 0 Å². The normalized spacial score (nSPS) is 27.4. The molecule has 2 fully saturated rings. The van der Waals surface area contributed by atoms with Crippen LogP contribution in [0.2, 0.25) is 0 Å². The van der Waals surface area contributed by atoms with Gasteiger partial charge < -0.3 is 15.2 Å². The van der Waals surface area contributed by atoms with E-state index in [0.29, 0.717) is 6.54 Å². The van der Waals surface area contributed by atoms with Crippen LogP contribution in [0, 0.1) is 5.92 Å². The van der Waals surface area contributed by atoms with Gasteiger partial charge in [0.25, 0.3) is 0 Å². The zero-order valence-corrected chi connectivity index (χ0v) is 10.3. The molecule has 0 spiro atoms. The van der Waals surface area contributed by atoms with E-state index in [2.05, 4.69) is 4.90 Å². The van der Waals surface area contributed by atoms with E-state index in [1.165, 1.54) is 12.8 Å². The topological polar surface area (TPSA) is 47.7 Å². The Morgan fingerprint density at radius 2 is 2.19 bits per heavy atom. The molecule has 0 radical (unpaired) electrons. The highest BCUT2D eigenvalue weighted by atomic mass is 16.5. The van der Waals surface area contributed by atoms with Crippen molar-refractivity contribution in [3.8, 4) is 0 Å². The summed E-state index contributed by atoms with van der Waals surface area (Å²) >= 11 is 0. The molecule has 0 aromatic rings. The Bertz CT molecular complexity index is 213. The molecule has 16 heavy (non-hydrogen) atoms. The minimum Gasteiger partial charge on any atom is -0.383 e. The van der Waals surface area contributed by atoms with Crippen molar-refractivity contribution in [3.05, 3.63) is 0 Å². The second kappa shape index (κ2) is 5.45. The van der Waals surface area contributed by atoms with Crippen molar-refractivity contribution in [2.24, 2.45) is 11.7 Å². The predicted octanol–water partition coefficient (Wildman–Crippen LogP) is 0.463. The van der Waals surface area contributed by atoms with Crippen molar-refractivity contribution in [2.75, 3.05) is 46.6 Å². The maximum atomic E-state index is 6.05. The van der Waals surface area contributed by atoms with Crippen LogP contribution in [0.1, 0.15) is 19.3 Å². The van der Waals surface area contributed by atoms with Gasteiger partial charge in [-0.25, -0.2) is 0 Å². The summed E-state index contributed by atoms with van der Waals surface area (Å²) in [4.78, 5) is 2.52. The van der Waals surface area contributed by atoms with Crippen LogP contribution in [0.25, 0.3) is 0 Å². The number of ether oxygens (including phenoxy) is 2. The molecule has 0 bridgehead atoms. The van der Waals surface area contributed by atoms with E-state index in [9.17, 15) is 0 Å². The van der Waals surface area contributed by atoms with Gasteiger partial charge in [0, 0.05) is 33.4 Å². The van der Waals surface area contributed by atoms with E-state index < -0.39 is 0 Å². The third-order valence-electron chi connectivity index (χ3n) is 3.94. The van der Waals surface area contributed by atoms with Crippen LogP contribution in [0.15, 0.2) is 0 Å². The minimum atomic E-state index is 0.0719. The zero-order chi connectivity index (χ0) is 11.4. The predicted molar refractivity (Wildman–Crippen MR) is 63.4 cm³/mol. The third kappa shape index (κ3) is 2.40. The van der Waals surface area contributed by atoms with E-state index in [1.54, 1.807) is 7.11 Å². The molecule has 4 nitrogen and oxygen atoms in total. The molecule has 0 amide bonds. The first-order valence-electron chi connectivity index (χ1n) is 6.35. The van der Waals surface area contributed by atoms with Crippen LogP contribution >= 0.6 is 0 Å². The molecule has 2 aliphatic rings. The van der Waals surface area contributed by atoms with Gasteiger partial charge in [0.05, 0.1) is 18.8 Å². The molecule has 4 heteroatoms. The fourth-order valence-corrected chi connectivity index (χ4v) is 2.88. The largest absolute Gasteiger partial charge is 0.383 e. The smallest absolute Gasteiger partial charge is 0.0661 e. The molecular formula is C12H24N2O2. The Balaban J connectivity index is 2.08. The summed E-state index contributed by atoms with van der Waals surface area (Å²) in [5.41, 5.74) is 6.13. The maximum Gasteiger partial charge on any atom is 0.0661 e. The molecule has 94 valence electrons. The van der Waals surface area contributed by atoms with Crippen molar-refractivity contribution in [3.63, 3.8) is 0 Å². The van der Waals surface area contributed by atoms with Crippen LogP contribution in [-0.2, 0) is 9.47 Å². The lowest BCUT2D eigenvalue weighted by atomic mass is 9.91. The summed E-state index contributed by atoms with van der Waals surface area (Å²) in [7, 11) is 1.78. The lowest BCUT2D eigenvalue weighted by Crippen LogP contribution is -2.59. The quantitative estimate of drug-likeness (QED) is 0.743. The first-order valence-corrected chi connectivity index (χ1v) is 6.35. The van der Waals surface area contributed by atoms with Crippen molar-refractivity contribution in [1.29, 1.82) is 0 Å². The van der Waals surface area contributed by atoms with Crippen LogP contribution < -0.4 is 5.73 Å². The Labute approximate surface area is 98.1 Å². The van der Waals surface area contributed by atoms with Crippen LogP contribution in [-0.4, -0.2) is 57.0 Å². The van der Waals surface area contributed by atoms with Gasteiger partial charge in [-0.05, 0) is 25.2 Å². The van der Waals surface area contributed by atoms with Gasteiger partial charge in [0.15, 0.2) is 0 Å². The number of hydrogen-bond donors (Lipinski definition) is 1. The summed E-state index contributed by atoms with van der Waals surface area (Å²) in [6.45, 7) is 5.26. The highest BCUT2D eigenvalue weighted by Crippen LogP contribution is 2.43. The number of hydrogen-bond acceptors (Lipinski definition) is 4. The van der Waals surface area contributed by atoms with Gasteiger partial charge >= 0.3 is 0 Å². The molecule has 1 saturated carbocycles. The highest BCUT2D eigenvalue weighted by Gasteiger charge is 2.48. The van der Waals surface area contributed by atoms with Gasteiger partial charge in [-0.2, -0.15) is 0 Å². The minimum absolute atomic E-state index is 0.0719. The molecule has 1 aliphatic carbocycles. The van der Waals surface area contributed by atoms with Crippen LogP contribution in [0.4, 0.5) is 0 Å². The first kappa shape index (κ1) is 12.3. The van der Waals surface area contributed by atoms with Gasteiger partial charge in [0.2, 0.25) is 0 Å². The number of methoxy groups -OCH3 is 1. The van der Waals surface area contributed by atoms with Gasteiger partial charge in [-0.1, -0.05) is 0 Å². The molecule has 0 aromatic carbocycles. The summed E-state index contributed by atoms with van der Waals surface area (Å²) in [5.74, 6) is 0.732. The molecular weight excluding hydrogens is 204 g/mol. The molecule has 0 aromatic heterocycles. The second-order valence-corrected chi connectivity index (χ2v) is 4.97. The Morgan fingerprint density at radius 3 is 2.81 bits per heavy atom. The fraction of sp³-hybridized carbons (Fsp3) is 1.00. The molecule has 1 heterocycles. The average molecular weight is 228 g/mol. The zero-order valence-electron chi connectivity index (χ0n) is 10.3. The maximum absolute atomic E-state index is 6.05. The Kier molecular flexibility index (Phi) is 4.19. The van der Waals surface area contributed by atoms with E-state index in [4.69, 9.17) is 15.2 Å². The Morgan fingerprint density at radius 1 is 1.38 bits per heavy atom. The van der Waals surface area contributed by atoms with E-state index in [0.717, 1.165) is 45.2 Å². The van der Waals surface area contributed by atoms with E-state index in [-0.39, 0.29) is 5.54 Å². The van der Waals surface area contributed by atoms with E-state index in [1.807, 2.05) is 0 Å². The molecule has 1 aliphatic heterocycles.